The van der Waals surface area contributed by atoms with Gasteiger partial charge in [-0.1, -0.05) is 36.8 Å². The van der Waals surface area contributed by atoms with Crippen LogP contribution in [-0.4, -0.2) is 28.0 Å². The first-order valence-corrected chi connectivity index (χ1v) is 8.03. The van der Waals surface area contributed by atoms with Gasteiger partial charge in [0.1, 0.15) is 16.5 Å². The Kier molecular flexibility index (Phi) is 4.37. The molecular formula is C16H17BrN4. The molecule has 0 radical (unpaired) electrons. The van der Waals surface area contributed by atoms with Crippen molar-refractivity contribution in [1.82, 2.24) is 14.9 Å². The predicted molar refractivity (Wildman–Crippen MR) is 85.5 cm³/mol. The Balaban J connectivity index is 1.91. The number of nitriles is 1. The minimum absolute atomic E-state index is 0.260. The highest BCUT2D eigenvalue weighted by molar-refractivity contribution is 9.10. The second-order valence-electron chi connectivity index (χ2n) is 5.28. The molecule has 1 saturated heterocycles. The molecule has 1 atom stereocenters. The zero-order chi connectivity index (χ0) is 14.7. The van der Waals surface area contributed by atoms with Crippen LogP contribution in [0.25, 0.3) is 11.4 Å². The van der Waals surface area contributed by atoms with Crippen molar-refractivity contribution >= 4 is 15.9 Å². The maximum Gasteiger partial charge on any atom is 0.141 e. The summed E-state index contributed by atoms with van der Waals surface area (Å²) in [7, 11) is 0. The van der Waals surface area contributed by atoms with E-state index in [9.17, 15) is 5.26 Å². The Morgan fingerprint density at radius 1 is 1.19 bits per heavy atom. The van der Waals surface area contributed by atoms with Crippen LogP contribution in [0.1, 0.15) is 31.0 Å². The summed E-state index contributed by atoms with van der Waals surface area (Å²) in [5.74, 6) is 0.801. The molecule has 2 aromatic rings. The van der Waals surface area contributed by atoms with E-state index in [0.717, 1.165) is 47.6 Å². The Hall–Kier alpha value is -1.64. The molecule has 0 aliphatic carbocycles. The summed E-state index contributed by atoms with van der Waals surface area (Å²) < 4.78 is 0.735. The number of nitrogens with zero attached hydrogens (tertiary/aromatic N) is 3. The molecule has 0 spiro atoms. The number of hydrogen-bond acceptors (Lipinski definition) is 3. The van der Waals surface area contributed by atoms with Gasteiger partial charge in [0.05, 0.1) is 11.8 Å². The lowest BCUT2D eigenvalue weighted by atomic mass is 10.1. The number of benzene rings is 1. The maximum absolute atomic E-state index is 9.58. The molecule has 1 fully saturated rings. The van der Waals surface area contributed by atoms with Crippen LogP contribution >= 0.6 is 15.9 Å². The lowest BCUT2D eigenvalue weighted by Gasteiger charge is -2.29. The number of aromatic nitrogens is 2. The highest BCUT2D eigenvalue weighted by Gasteiger charge is 2.26. The zero-order valence-electron chi connectivity index (χ0n) is 11.7. The molecule has 1 aromatic heterocycles. The molecule has 1 aliphatic heterocycles. The first-order valence-electron chi connectivity index (χ1n) is 7.24. The van der Waals surface area contributed by atoms with Gasteiger partial charge in [0, 0.05) is 5.56 Å². The molecule has 3 rings (SSSR count). The van der Waals surface area contributed by atoms with E-state index < -0.39 is 0 Å². The number of imidazole rings is 1. The minimum atomic E-state index is -0.260. The third kappa shape index (κ3) is 3.02. The van der Waals surface area contributed by atoms with Gasteiger partial charge in [-0.15, -0.1) is 0 Å². The lowest BCUT2D eigenvalue weighted by molar-refractivity contribution is 0.193. The third-order valence-corrected chi connectivity index (χ3v) is 4.49. The second-order valence-corrected chi connectivity index (χ2v) is 6.04. The average Bonchev–Trinajstić information content (AvgIpc) is 2.92. The van der Waals surface area contributed by atoms with E-state index in [-0.39, 0.29) is 6.04 Å². The maximum atomic E-state index is 9.58. The Bertz CT molecular complexity index is 638. The summed E-state index contributed by atoms with van der Waals surface area (Å²) in [6.07, 6.45) is 3.58. The van der Waals surface area contributed by atoms with Crippen LogP contribution in [0.15, 0.2) is 34.9 Å². The fourth-order valence-electron chi connectivity index (χ4n) is 2.78. The van der Waals surface area contributed by atoms with Crippen molar-refractivity contribution in [2.45, 2.75) is 25.3 Å². The largest absolute Gasteiger partial charge is 0.339 e. The number of halogens is 1. The Labute approximate surface area is 132 Å². The van der Waals surface area contributed by atoms with Crippen LogP contribution in [0.4, 0.5) is 0 Å². The number of nitrogens with one attached hydrogen (secondary N) is 1. The molecule has 0 saturated carbocycles. The van der Waals surface area contributed by atoms with Crippen molar-refractivity contribution in [3.05, 3.63) is 40.6 Å². The highest BCUT2D eigenvalue weighted by atomic mass is 79.9. The number of H-pyrrole nitrogens is 1. The molecule has 4 nitrogen and oxygen atoms in total. The summed E-state index contributed by atoms with van der Waals surface area (Å²) in [6.45, 7) is 1.95. The van der Waals surface area contributed by atoms with Crippen molar-refractivity contribution in [2.75, 3.05) is 13.1 Å². The van der Waals surface area contributed by atoms with Crippen LogP contribution in [0.5, 0.6) is 0 Å². The number of rotatable bonds is 3. The van der Waals surface area contributed by atoms with Gasteiger partial charge in [0.25, 0.3) is 0 Å². The fraction of sp³-hybridized carbons (Fsp3) is 0.375. The van der Waals surface area contributed by atoms with Crippen LogP contribution in [0.2, 0.25) is 0 Å². The molecule has 1 aliphatic rings. The number of hydrogen-bond donors (Lipinski definition) is 1. The molecule has 1 N–H and O–H groups in total. The highest BCUT2D eigenvalue weighted by Crippen LogP contribution is 2.30. The van der Waals surface area contributed by atoms with Gasteiger partial charge < -0.3 is 4.98 Å². The summed E-state index contributed by atoms with van der Waals surface area (Å²) >= 11 is 3.50. The Morgan fingerprint density at radius 2 is 1.90 bits per heavy atom. The molecule has 2 heterocycles. The van der Waals surface area contributed by atoms with Gasteiger partial charge in [-0.3, -0.25) is 4.90 Å². The molecule has 108 valence electrons. The van der Waals surface area contributed by atoms with E-state index >= 15 is 0 Å². The van der Waals surface area contributed by atoms with Crippen LogP contribution < -0.4 is 0 Å². The van der Waals surface area contributed by atoms with Gasteiger partial charge in [0.15, 0.2) is 0 Å². The fourth-order valence-corrected chi connectivity index (χ4v) is 3.28. The van der Waals surface area contributed by atoms with Crippen LogP contribution in [-0.2, 0) is 0 Å². The Morgan fingerprint density at radius 3 is 2.57 bits per heavy atom. The monoisotopic (exact) mass is 344 g/mol. The first kappa shape index (κ1) is 14.3. The molecule has 1 aromatic carbocycles. The molecule has 21 heavy (non-hydrogen) atoms. The van der Waals surface area contributed by atoms with E-state index in [2.05, 4.69) is 36.9 Å². The molecule has 0 amide bonds. The van der Waals surface area contributed by atoms with Crippen molar-refractivity contribution < 1.29 is 0 Å². The lowest BCUT2D eigenvalue weighted by Crippen LogP contribution is -2.33. The van der Waals surface area contributed by atoms with Crippen molar-refractivity contribution in [3.63, 3.8) is 0 Å². The number of aromatic amines is 1. The molecule has 1 unspecified atom stereocenters. The van der Waals surface area contributed by atoms with Gasteiger partial charge in [-0.05, 0) is 41.9 Å². The average molecular weight is 345 g/mol. The molecule has 0 bridgehead atoms. The zero-order valence-corrected chi connectivity index (χ0v) is 13.3. The molecule has 5 heteroatoms. The van der Waals surface area contributed by atoms with Crippen molar-refractivity contribution in [3.8, 4) is 17.5 Å². The summed E-state index contributed by atoms with van der Waals surface area (Å²) in [5.41, 5.74) is 1.89. The van der Waals surface area contributed by atoms with E-state index in [1.165, 1.54) is 6.42 Å². The van der Waals surface area contributed by atoms with E-state index in [1.807, 2.05) is 30.3 Å². The normalized spacial score (nSPS) is 17.3. The quantitative estimate of drug-likeness (QED) is 0.918. The smallest absolute Gasteiger partial charge is 0.141 e. The second kappa shape index (κ2) is 6.42. The molecular weight excluding hydrogens is 328 g/mol. The number of likely N-dealkylation sites (tertiary alicyclic amines) is 1. The van der Waals surface area contributed by atoms with Crippen molar-refractivity contribution in [1.29, 1.82) is 5.26 Å². The first-order chi connectivity index (χ1) is 10.3. The van der Waals surface area contributed by atoms with E-state index in [4.69, 9.17) is 0 Å². The topological polar surface area (TPSA) is 55.7 Å². The van der Waals surface area contributed by atoms with Gasteiger partial charge in [-0.25, -0.2) is 4.98 Å². The van der Waals surface area contributed by atoms with E-state index in [0.29, 0.717) is 0 Å². The van der Waals surface area contributed by atoms with Gasteiger partial charge in [-0.2, -0.15) is 5.26 Å². The van der Waals surface area contributed by atoms with Crippen LogP contribution in [0, 0.1) is 11.3 Å². The van der Waals surface area contributed by atoms with E-state index in [1.54, 1.807) is 0 Å². The summed E-state index contributed by atoms with van der Waals surface area (Å²) in [5, 5.41) is 9.58. The van der Waals surface area contributed by atoms with Gasteiger partial charge in [0.2, 0.25) is 0 Å². The summed E-state index contributed by atoms with van der Waals surface area (Å²) in [4.78, 5) is 10.1. The minimum Gasteiger partial charge on any atom is -0.339 e. The predicted octanol–water partition coefficient (Wildman–Crippen LogP) is 3.89. The summed E-state index contributed by atoms with van der Waals surface area (Å²) in [6, 6.07) is 12.1. The third-order valence-electron chi connectivity index (χ3n) is 3.88. The standard InChI is InChI=1S/C16H17BrN4/c17-15-14(13(11-18)21-9-5-2-6-10-21)19-16(20-15)12-7-3-1-4-8-12/h1,3-4,7-8,13H,2,5-6,9-10H2,(H,19,20). The van der Waals surface area contributed by atoms with Gasteiger partial charge >= 0.3 is 0 Å². The van der Waals surface area contributed by atoms with Crippen LogP contribution in [0.3, 0.4) is 0 Å². The number of piperidine rings is 1. The SMILES string of the molecule is N#CC(c1[nH]c(-c2ccccc2)nc1Br)N1CCCCC1. The van der Waals surface area contributed by atoms with Crippen molar-refractivity contribution in [2.24, 2.45) is 0 Å².